The largest absolute Gasteiger partial charge is 0.256 e. The van der Waals surface area contributed by atoms with Gasteiger partial charge in [0.05, 0.1) is 5.69 Å². The van der Waals surface area contributed by atoms with E-state index in [0.717, 1.165) is 5.69 Å². The summed E-state index contributed by atoms with van der Waals surface area (Å²) in [5.74, 6) is 0. The fourth-order valence-electron chi connectivity index (χ4n) is 2.94. The molecule has 0 bridgehead atoms. The number of hydrogen-bond donors (Lipinski definition) is 0. The molecule has 1 aromatic heterocycles. The first-order chi connectivity index (χ1) is 10.7. The van der Waals surface area contributed by atoms with Gasteiger partial charge in [0.2, 0.25) is 0 Å². The van der Waals surface area contributed by atoms with Gasteiger partial charge in [-0.3, -0.25) is 4.98 Å². The molecule has 0 saturated heterocycles. The first kappa shape index (κ1) is 13.0. The molecular formula is C21H17N. The molecule has 1 nitrogen and oxygen atoms in total. The third-order valence-electron chi connectivity index (χ3n) is 4.41. The van der Waals surface area contributed by atoms with Gasteiger partial charge in [-0.25, -0.2) is 0 Å². The summed E-state index contributed by atoms with van der Waals surface area (Å²) in [5.41, 5.74) is 4.72. The fraction of sp³-hybridized carbons (Fsp3) is 0.0952. The molecule has 106 valence electrons. The molecule has 0 amide bonds. The molecule has 0 unspecified atom stereocenters. The zero-order valence-corrected chi connectivity index (χ0v) is 12.8. The van der Waals surface area contributed by atoms with Crippen molar-refractivity contribution in [2.24, 2.45) is 0 Å². The number of aromatic nitrogens is 1. The summed E-state index contributed by atoms with van der Waals surface area (Å²) in [5, 5.41) is 5.13. The molecule has 0 aliphatic rings. The van der Waals surface area contributed by atoms with Crippen LogP contribution in [0.4, 0.5) is 0 Å². The second-order valence-corrected chi connectivity index (χ2v) is 5.88. The Morgan fingerprint density at radius 3 is 2.23 bits per heavy atom. The third kappa shape index (κ3) is 2.06. The second kappa shape index (κ2) is 4.96. The lowest BCUT2D eigenvalue weighted by molar-refractivity contribution is 1.22. The molecule has 0 aliphatic heterocycles. The van der Waals surface area contributed by atoms with E-state index < -0.39 is 0 Å². The molecule has 1 heterocycles. The SMILES string of the molecule is Cc1cnc(-c2ccc3ccc4ccccc4c3c2)cc1C. The van der Waals surface area contributed by atoms with E-state index in [2.05, 4.69) is 79.5 Å². The summed E-state index contributed by atoms with van der Waals surface area (Å²) in [6, 6.07) is 21.7. The van der Waals surface area contributed by atoms with E-state index in [1.165, 1.54) is 38.2 Å². The van der Waals surface area contributed by atoms with Gasteiger partial charge in [0.25, 0.3) is 0 Å². The Bertz CT molecular complexity index is 999. The first-order valence-corrected chi connectivity index (χ1v) is 7.57. The predicted octanol–water partition coefficient (Wildman–Crippen LogP) is 5.67. The van der Waals surface area contributed by atoms with Crippen LogP contribution in [0, 0.1) is 13.8 Å². The monoisotopic (exact) mass is 283 g/mol. The zero-order valence-electron chi connectivity index (χ0n) is 12.8. The molecule has 0 saturated carbocycles. The Hall–Kier alpha value is -2.67. The van der Waals surface area contributed by atoms with E-state index >= 15 is 0 Å². The lowest BCUT2D eigenvalue weighted by Gasteiger charge is -2.08. The molecule has 22 heavy (non-hydrogen) atoms. The van der Waals surface area contributed by atoms with E-state index in [-0.39, 0.29) is 0 Å². The summed E-state index contributed by atoms with van der Waals surface area (Å²) in [6.45, 7) is 4.23. The second-order valence-electron chi connectivity index (χ2n) is 5.88. The van der Waals surface area contributed by atoms with E-state index in [4.69, 9.17) is 0 Å². The minimum atomic E-state index is 1.04. The van der Waals surface area contributed by atoms with Crippen LogP contribution in [-0.4, -0.2) is 4.98 Å². The quantitative estimate of drug-likeness (QED) is 0.410. The summed E-state index contributed by atoms with van der Waals surface area (Å²) in [7, 11) is 0. The van der Waals surface area contributed by atoms with Gasteiger partial charge in [-0.2, -0.15) is 0 Å². The van der Waals surface area contributed by atoms with Gasteiger partial charge in [-0.05, 0) is 58.7 Å². The van der Waals surface area contributed by atoms with Crippen molar-refractivity contribution in [2.75, 3.05) is 0 Å². The van der Waals surface area contributed by atoms with Gasteiger partial charge < -0.3 is 0 Å². The average Bonchev–Trinajstić information content (AvgIpc) is 2.57. The standard InChI is InChI=1S/C21H17N/c1-14-11-21(22-13-15(14)2)18-10-9-17-8-7-16-5-3-4-6-19(16)20(17)12-18/h3-13H,1-2H3. The van der Waals surface area contributed by atoms with Crippen molar-refractivity contribution in [1.82, 2.24) is 4.98 Å². The Morgan fingerprint density at radius 1 is 0.682 bits per heavy atom. The summed E-state index contributed by atoms with van der Waals surface area (Å²) < 4.78 is 0. The smallest absolute Gasteiger partial charge is 0.0705 e. The first-order valence-electron chi connectivity index (χ1n) is 7.57. The van der Waals surface area contributed by atoms with E-state index in [9.17, 15) is 0 Å². The maximum atomic E-state index is 4.60. The van der Waals surface area contributed by atoms with Crippen molar-refractivity contribution in [3.63, 3.8) is 0 Å². The van der Waals surface area contributed by atoms with Crippen LogP contribution in [0.5, 0.6) is 0 Å². The number of aryl methyl sites for hydroxylation is 2. The third-order valence-corrected chi connectivity index (χ3v) is 4.41. The number of pyridine rings is 1. The van der Waals surface area contributed by atoms with Crippen molar-refractivity contribution < 1.29 is 0 Å². The molecule has 3 aromatic carbocycles. The maximum Gasteiger partial charge on any atom is 0.0705 e. The number of fused-ring (bicyclic) bond motifs is 3. The Labute approximate surface area is 130 Å². The molecule has 4 aromatic rings. The van der Waals surface area contributed by atoms with Crippen molar-refractivity contribution >= 4 is 21.5 Å². The Balaban J connectivity index is 1.99. The Morgan fingerprint density at radius 2 is 1.41 bits per heavy atom. The van der Waals surface area contributed by atoms with Gasteiger partial charge in [-0.1, -0.05) is 48.5 Å². The molecule has 0 aliphatic carbocycles. The highest BCUT2D eigenvalue weighted by Crippen LogP contribution is 2.29. The van der Waals surface area contributed by atoms with Crippen LogP contribution in [-0.2, 0) is 0 Å². The molecule has 0 atom stereocenters. The maximum absolute atomic E-state index is 4.60. The van der Waals surface area contributed by atoms with E-state index in [0.29, 0.717) is 0 Å². The molecule has 0 N–H and O–H groups in total. The minimum Gasteiger partial charge on any atom is -0.256 e. The van der Waals surface area contributed by atoms with Crippen LogP contribution < -0.4 is 0 Å². The lowest BCUT2D eigenvalue weighted by atomic mass is 9.98. The van der Waals surface area contributed by atoms with Gasteiger partial charge >= 0.3 is 0 Å². The van der Waals surface area contributed by atoms with Crippen LogP contribution in [0.3, 0.4) is 0 Å². The van der Waals surface area contributed by atoms with Crippen molar-refractivity contribution in [3.05, 3.63) is 78.0 Å². The average molecular weight is 283 g/mol. The van der Waals surface area contributed by atoms with Gasteiger partial charge in [0.15, 0.2) is 0 Å². The normalized spacial score (nSPS) is 11.2. The van der Waals surface area contributed by atoms with E-state index in [1.54, 1.807) is 0 Å². The number of benzene rings is 3. The van der Waals surface area contributed by atoms with Crippen LogP contribution in [0.15, 0.2) is 66.9 Å². The molecular weight excluding hydrogens is 266 g/mol. The highest BCUT2D eigenvalue weighted by molar-refractivity contribution is 6.08. The van der Waals surface area contributed by atoms with Crippen LogP contribution in [0.2, 0.25) is 0 Å². The van der Waals surface area contributed by atoms with Crippen LogP contribution >= 0.6 is 0 Å². The predicted molar refractivity (Wildman–Crippen MR) is 94.2 cm³/mol. The van der Waals surface area contributed by atoms with Crippen molar-refractivity contribution in [2.45, 2.75) is 13.8 Å². The lowest BCUT2D eigenvalue weighted by Crippen LogP contribution is -1.88. The highest BCUT2D eigenvalue weighted by Gasteiger charge is 2.05. The topological polar surface area (TPSA) is 12.9 Å². The van der Waals surface area contributed by atoms with Gasteiger partial charge in [-0.15, -0.1) is 0 Å². The number of hydrogen-bond acceptors (Lipinski definition) is 1. The fourth-order valence-corrected chi connectivity index (χ4v) is 2.94. The number of rotatable bonds is 1. The molecule has 1 heteroatoms. The van der Waals surface area contributed by atoms with Crippen LogP contribution in [0.25, 0.3) is 32.8 Å². The minimum absolute atomic E-state index is 1.04. The Kier molecular flexibility index (Phi) is 2.93. The van der Waals surface area contributed by atoms with Crippen molar-refractivity contribution in [1.29, 1.82) is 0 Å². The highest BCUT2D eigenvalue weighted by atomic mass is 14.7. The zero-order chi connectivity index (χ0) is 15.1. The van der Waals surface area contributed by atoms with Gasteiger partial charge in [0, 0.05) is 11.8 Å². The molecule has 0 fully saturated rings. The van der Waals surface area contributed by atoms with Gasteiger partial charge in [0.1, 0.15) is 0 Å². The molecule has 4 rings (SSSR count). The molecule has 0 spiro atoms. The number of nitrogens with zero attached hydrogens (tertiary/aromatic N) is 1. The summed E-state index contributed by atoms with van der Waals surface area (Å²) in [4.78, 5) is 4.60. The molecule has 0 radical (unpaired) electrons. The van der Waals surface area contributed by atoms with E-state index in [1.807, 2.05) is 6.20 Å². The van der Waals surface area contributed by atoms with Crippen LogP contribution in [0.1, 0.15) is 11.1 Å². The summed E-state index contributed by atoms with van der Waals surface area (Å²) >= 11 is 0. The summed E-state index contributed by atoms with van der Waals surface area (Å²) in [6.07, 6.45) is 1.96. The van der Waals surface area contributed by atoms with Crippen molar-refractivity contribution in [3.8, 4) is 11.3 Å².